The van der Waals surface area contributed by atoms with Gasteiger partial charge >= 0.3 is 0 Å². The molecule has 24 heavy (non-hydrogen) atoms. The van der Waals surface area contributed by atoms with Crippen molar-refractivity contribution in [2.45, 2.75) is 25.5 Å². The van der Waals surface area contributed by atoms with Gasteiger partial charge in [-0.1, -0.05) is 42.0 Å². The molecule has 0 saturated carbocycles. The number of nitrogens with zero attached hydrogens (tertiary/aromatic N) is 1. The van der Waals surface area contributed by atoms with Crippen LogP contribution in [0.25, 0.3) is 10.8 Å². The minimum atomic E-state index is -0.0373. The molecule has 3 heteroatoms. The van der Waals surface area contributed by atoms with Crippen molar-refractivity contribution in [1.82, 2.24) is 0 Å². The first-order valence-corrected chi connectivity index (χ1v) is 8.38. The summed E-state index contributed by atoms with van der Waals surface area (Å²) in [6.07, 6.45) is 0.873. The second-order valence-corrected chi connectivity index (χ2v) is 6.89. The van der Waals surface area contributed by atoms with Crippen molar-refractivity contribution in [2.75, 3.05) is 11.9 Å². The molecule has 2 heterocycles. The number of aromatic hydroxyl groups is 1. The summed E-state index contributed by atoms with van der Waals surface area (Å²) in [4.78, 5) is 2.18. The van der Waals surface area contributed by atoms with E-state index in [0.29, 0.717) is 5.75 Å². The molecule has 120 valence electrons. The highest BCUT2D eigenvalue weighted by atomic mass is 16.5. The summed E-state index contributed by atoms with van der Waals surface area (Å²) < 4.78 is 6.22. The van der Waals surface area contributed by atoms with Crippen molar-refractivity contribution in [3.8, 4) is 11.5 Å². The number of hydrogen-bond donors (Lipinski definition) is 1. The number of benzene rings is 3. The molecule has 0 spiro atoms. The fourth-order valence-electron chi connectivity index (χ4n) is 4.26. The van der Waals surface area contributed by atoms with Crippen LogP contribution >= 0.6 is 0 Å². The fraction of sp³-hybridized carbons (Fsp3) is 0.238. The summed E-state index contributed by atoms with van der Waals surface area (Å²) >= 11 is 0. The summed E-state index contributed by atoms with van der Waals surface area (Å²) in [7, 11) is 2.07. The highest BCUT2D eigenvalue weighted by Crippen LogP contribution is 2.53. The molecule has 2 bridgehead atoms. The first-order valence-electron chi connectivity index (χ1n) is 8.38. The van der Waals surface area contributed by atoms with Crippen LogP contribution in [0.1, 0.15) is 29.0 Å². The molecule has 0 amide bonds. The average molecular weight is 317 g/mol. The number of rotatable bonds is 0. The van der Waals surface area contributed by atoms with E-state index in [0.717, 1.165) is 17.4 Å². The Kier molecular flexibility index (Phi) is 2.67. The van der Waals surface area contributed by atoms with Gasteiger partial charge in [-0.25, -0.2) is 0 Å². The van der Waals surface area contributed by atoms with Gasteiger partial charge in [0.1, 0.15) is 0 Å². The van der Waals surface area contributed by atoms with E-state index in [9.17, 15) is 5.11 Å². The van der Waals surface area contributed by atoms with Crippen LogP contribution in [0, 0.1) is 6.92 Å². The number of aryl methyl sites for hydroxylation is 1. The Bertz CT molecular complexity index is 979. The summed E-state index contributed by atoms with van der Waals surface area (Å²) in [5.41, 5.74) is 4.94. The van der Waals surface area contributed by atoms with Crippen LogP contribution in [0.15, 0.2) is 48.5 Å². The van der Waals surface area contributed by atoms with Gasteiger partial charge in [-0.05, 0) is 35.4 Å². The van der Waals surface area contributed by atoms with Crippen LogP contribution in [0.4, 0.5) is 5.69 Å². The molecule has 2 unspecified atom stereocenters. The van der Waals surface area contributed by atoms with Crippen LogP contribution in [-0.4, -0.2) is 18.4 Å². The summed E-state index contributed by atoms with van der Waals surface area (Å²) in [6.45, 7) is 2.13. The molecule has 0 aromatic heterocycles. The molecule has 2 atom stereocenters. The van der Waals surface area contributed by atoms with E-state index in [1.165, 1.54) is 22.2 Å². The Morgan fingerprint density at radius 3 is 2.83 bits per heavy atom. The van der Waals surface area contributed by atoms with Crippen molar-refractivity contribution < 1.29 is 9.84 Å². The maximum absolute atomic E-state index is 10.6. The van der Waals surface area contributed by atoms with Gasteiger partial charge in [-0.3, -0.25) is 0 Å². The molecule has 0 radical (unpaired) electrons. The van der Waals surface area contributed by atoms with E-state index in [2.05, 4.69) is 49.2 Å². The van der Waals surface area contributed by atoms with Gasteiger partial charge in [-0.2, -0.15) is 0 Å². The van der Waals surface area contributed by atoms with Crippen LogP contribution in [0.5, 0.6) is 11.5 Å². The number of phenolic OH excluding ortho intramolecular Hbond substituents is 1. The minimum absolute atomic E-state index is 0.0373. The van der Waals surface area contributed by atoms with Gasteiger partial charge in [0.15, 0.2) is 17.7 Å². The van der Waals surface area contributed by atoms with Gasteiger partial charge in [0.2, 0.25) is 0 Å². The largest absolute Gasteiger partial charge is 0.504 e. The molecule has 1 N–H and O–H groups in total. The molecule has 3 aromatic carbocycles. The second-order valence-electron chi connectivity index (χ2n) is 6.89. The van der Waals surface area contributed by atoms with E-state index < -0.39 is 0 Å². The maximum Gasteiger partial charge on any atom is 0.173 e. The van der Waals surface area contributed by atoms with Gasteiger partial charge < -0.3 is 14.7 Å². The molecule has 2 aliphatic rings. The van der Waals surface area contributed by atoms with Crippen molar-refractivity contribution >= 4 is 16.5 Å². The number of fused-ring (bicyclic) bond motifs is 8. The number of anilines is 1. The molecule has 3 aromatic rings. The van der Waals surface area contributed by atoms with E-state index >= 15 is 0 Å². The fourth-order valence-corrected chi connectivity index (χ4v) is 4.26. The monoisotopic (exact) mass is 317 g/mol. The highest BCUT2D eigenvalue weighted by molar-refractivity contribution is 5.91. The number of ether oxygens (including phenoxy) is 1. The third kappa shape index (κ3) is 1.72. The number of hydrogen-bond acceptors (Lipinski definition) is 3. The van der Waals surface area contributed by atoms with Crippen molar-refractivity contribution in [1.29, 1.82) is 0 Å². The van der Waals surface area contributed by atoms with E-state index in [-0.39, 0.29) is 17.9 Å². The average Bonchev–Trinajstić information content (AvgIpc) is 2.59. The topological polar surface area (TPSA) is 32.7 Å². The third-order valence-electron chi connectivity index (χ3n) is 5.43. The highest BCUT2D eigenvalue weighted by Gasteiger charge is 2.40. The second kappa shape index (κ2) is 4.67. The Morgan fingerprint density at radius 1 is 1.12 bits per heavy atom. The zero-order chi connectivity index (χ0) is 16.4. The Hall–Kier alpha value is -2.68. The lowest BCUT2D eigenvalue weighted by Gasteiger charge is -2.44. The first kappa shape index (κ1) is 13.7. The van der Waals surface area contributed by atoms with E-state index in [4.69, 9.17) is 4.74 Å². The van der Waals surface area contributed by atoms with Crippen molar-refractivity contribution in [2.24, 2.45) is 0 Å². The van der Waals surface area contributed by atoms with Crippen LogP contribution < -0.4 is 9.64 Å². The van der Waals surface area contributed by atoms with E-state index in [1.54, 1.807) is 0 Å². The quantitative estimate of drug-likeness (QED) is 0.660. The Morgan fingerprint density at radius 2 is 1.96 bits per heavy atom. The molecular weight excluding hydrogens is 298 g/mol. The molecule has 0 saturated heterocycles. The SMILES string of the molecule is Cc1ccc2c(c1)C1CC(Oc3c(O)cc4ccccc4c31)N2C. The molecule has 2 aliphatic heterocycles. The molecule has 3 nitrogen and oxygen atoms in total. The predicted octanol–water partition coefficient (Wildman–Crippen LogP) is 4.54. The van der Waals surface area contributed by atoms with E-state index in [1.807, 2.05) is 18.2 Å². The molecular formula is C21H19NO2. The third-order valence-corrected chi connectivity index (χ3v) is 5.43. The Balaban J connectivity index is 1.86. The smallest absolute Gasteiger partial charge is 0.173 e. The van der Waals surface area contributed by atoms with Crippen LogP contribution in [0.3, 0.4) is 0 Å². The van der Waals surface area contributed by atoms with Gasteiger partial charge in [0.05, 0.1) is 0 Å². The summed E-state index contributed by atoms with van der Waals surface area (Å²) in [5.74, 6) is 1.14. The lowest BCUT2D eigenvalue weighted by Crippen LogP contribution is -2.44. The van der Waals surface area contributed by atoms with Crippen LogP contribution in [-0.2, 0) is 0 Å². The van der Waals surface area contributed by atoms with Gasteiger partial charge in [0, 0.05) is 30.6 Å². The predicted molar refractivity (Wildman–Crippen MR) is 96.1 cm³/mol. The Labute approximate surface area is 141 Å². The summed E-state index contributed by atoms with van der Waals surface area (Å²) in [5, 5.41) is 12.8. The zero-order valence-corrected chi connectivity index (χ0v) is 13.8. The zero-order valence-electron chi connectivity index (χ0n) is 13.8. The lowest BCUT2D eigenvalue weighted by atomic mass is 9.79. The summed E-state index contributed by atoms with van der Waals surface area (Å²) in [6, 6.07) is 16.7. The van der Waals surface area contributed by atoms with Crippen molar-refractivity contribution in [3.63, 3.8) is 0 Å². The standard InChI is InChI=1S/C21H19NO2/c1-12-7-8-17-15(9-12)16-11-19(22(17)2)24-21-18(23)10-13-5-3-4-6-14(13)20(16)21/h3-10,16,19,23H,11H2,1-2H3. The van der Waals surface area contributed by atoms with Gasteiger partial charge in [0.25, 0.3) is 0 Å². The van der Waals surface area contributed by atoms with Crippen molar-refractivity contribution in [3.05, 3.63) is 65.2 Å². The maximum atomic E-state index is 10.6. The molecule has 0 fully saturated rings. The normalized spacial score (nSPS) is 21.2. The molecule has 0 aliphatic carbocycles. The lowest BCUT2D eigenvalue weighted by molar-refractivity contribution is 0.152. The number of phenols is 1. The van der Waals surface area contributed by atoms with Crippen LogP contribution in [0.2, 0.25) is 0 Å². The van der Waals surface area contributed by atoms with Gasteiger partial charge in [-0.15, -0.1) is 0 Å². The minimum Gasteiger partial charge on any atom is -0.504 e. The molecule has 5 rings (SSSR count). The first-order chi connectivity index (χ1) is 11.6.